The summed E-state index contributed by atoms with van der Waals surface area (Å²) in [6, 6.07) is 6.62. The number of carbonyl (C=O) groups is 1. The van der Waals surface area contributed by atoms with E-state index in [0.717, 1.165) is 31.1 Å². The number of hydrogen-bond donors (Lipinski definition) is 2. The van der Waals surface area contributed by atoms with Gasteiger partial charge in [-0.2, -0.15) is 4.31 Å². The molecule has 2 fully saturated rings. The standard InChI is InChI=1S/C18H25NO3S.CH5NO/c1-18(2,3)14-7-9-16(10-8-14)23(21,22)19-15(12-20)11-13-5-4-6-17(13)19;1-2-3/h7-10,12-13,15,17H,4-6,11H2,1-3H3;2-3H,1H3/t13-,15-,17-;/m1./s1. The van der Waals surface area contributed by atoms with Crippen molar-refractivity contribution in [3.63, 3.8) is 0 Å². The molecule has 1 aliphatic carbocycles. The van der Waals surface area contributed by atoms with E-state index in [1.54, 1.807) is 17.6 Å². The van der Waals surface area contributed by atoms with Gasteiger partial charge in [0.1, 0.15) is 6.29 Å². The number of nitrogens with zero attached hydrogens (tertiary/aromatic N) is 1. The second-order valence-electron chi connectivity index (χ2n) is 8.03. The van der Waals surface area contributed by atoms with Crippen LogP contribution in [0.3, 0.4) is 0 Å². The lowest BCUT2D eigenvalue weighted by Gasteiger charge is -2.26. The van der Waals surface area contributed by atoms with Gasteiger partial charge in [-0.05, 0) is 48.3 Å². The quantitative estimate of drug-likeness (QED) is 0.620. The summed E-state index contributed by atoms with van der Waals surface area (Å²) >= 11 is 0. The van der Waals surface area contributed by atoms with E-state index in [0.29, 0.717) is 17.2 Å². The zero-order chi connectivity index (χ0) is 19.5. The maximum atomic E-state index is 13.1. The SMILES string of the molecule is CC(C)(C)c1ccc(S(=O)(=O)N2[C@@H]3CCC[C@@H]3C[C@@H]2C=O)cc1.CNO. The van der Waals surface area contributed by atoms with Crippen LogP contribution in [0.25, 0.3) is 0 Å². The van der Waals surface area contributed by atoms with Crippen LogP contribution < -0.4 is 5.48 Å². The fourth-order valence-electron chi connectivity index (χ4n) is 4.01. The average molecular weight is 383 g/mol. The number of nitrogens with one attached hydrogen (secondary N) is 1. The maximum absolute atomic E-state index is 13.1. The second-order valence-corrected chi connectivity index (χ2v) is 9.87. The summed E-state index contributed by atoms with van der Waals surface area (Å²) in [6.45, 7) is 6.30. The number of hydroxylamine groups is 1. The Morgan fingerprint density at radius 1 is 1.19 bits per heavy atom. The normalized spacial score (nSPS) is 26.1. The molecule has 1 saturated heterocycles. The van der Waals surface area contributed by atoms with E-state index >= 15 is 0 Å². The monoisotopic (exact) mass is 382 g/mol. The maximum Gasteiger partial charge on any atom is 0.243 e. The first-order chi connectivity index (χ1) is 12.2. The molecule has 2 N–H and O–H groups in total. The average Bonchev–Trinajstić information content (AvgIpc) is 3.15. The lowest BCUT2D eigenvalue weighted by Crippen LogP contribution is -2.41. The van der Waals surface area contributed by atoms with Gasteiger partial charge in [-0.25, -0.2) is 13.9 Å². The molecule has 7 heteroatoms. The Balaban J connectivity index is 0.000000758. The van der Waals surface area contributed by atoms with Gasteiger partial charge in [-0.1, -0.05) is 39.3 Å². The van der Waals surface area contributed by atoms with Crippen molar-refractivity contribution in [2.75, 3.05) is 7.05 Å². The molecule has 0 bridgehead atoms. The van der Waals surface area contributed by atoms with Crippen molar-refractivity contribution in [3.05, 3.63) is 29.8 Å². The molecule has 3 rings (SSSR count). The molecule has 146 valence electrons. The summed E-state index contributed by atoms with van der Waals surface area (Å²) in [7, 11) is -2.18. The third kappa shape index (κ3) is 4.17. The summed E-state index contributed by atoms with van der Waals surface area (Å²) < 4.78 is 27.6. The number of benzene rings is 1. The van der Waals surface area contributed by atoms with Crippen LogP contribution in [0.1, 0.15) is 52.0 Å². The number of hydrogen-bond acceptors (Lipinski definition) is 5. The molecule has 0 spiro atoms. The highest BCUT2D eigenvalue weighted by Gasteiger charge is 2.49. The van der Waals surface area contributed by atoms with Crippen LogP contribution in [-0.4, -0.2) is 43.3 Å². The highest BCUT2D eigenvalue weighted by atomic mass is 32.2. The van der Waals surface area contributed by atoms with Crippen molar-refractivity contribution in [1.82, 2.24) is 9.79 Å². The lowest BCUT2D eigenvalue weighted by atomic mass is 9.87. The van der Waals surface area contributed by atoms with Crippen molar-refractivity contribution in [2.45, 2.75) is 68.8 Å². The van der Waals surface area contributed by atoms with Gasteiger partial charge in [0, 0.05) is 13.1 Å². The molecule has 2 aliphatic rings. The van der Waals surface area contributed by atoms with E-state index in [-0.39, 0.29) is 11.5 Å². The summed E-state index contributed by atoms with van der Waals surface area (Å²) in [5, 5.41) is 7.32. The van der Waals surface area contributed by atoms with Gasteiger partial charge in [-0.3, -0.25) is 0 Å². The zero-order valence-electron chi connectivity index (χ0n) is 16.0. The predicted molar refractivity (Wildman–Crippen MR) is 101 cm³/mol. The van der Waals surface area contributed by atoms with E-state index in [1.807, 2.05) is 12.1 Å². The lowest BCUT2D eigenvalue weighted by molar-refractivity contribution is -0.110. The van der Waals surface area contributed by atoms with E-state index in [2.05, 4.69) is 20.8 Å². The number of aldehydes is 1. The zero-order valence-corrected chi connectivity index (χ0v) is 16.8. The molecule has 1 aromatic rings. The van der Waals surface area contributed by atoms with Crippen LogP contribution in [0.4, 0.5) is 0 Å². The Labute approximate surface area is 156 Å². The third-order valence-electron chi connectivity index (χ3n) is 5.27. The van der Waals surface area contributed by atoms with E-state index in [4.69, 9.17) is 5.21 Å². The minimum atomic E-state index is -3.61. The molecule has 1 aromatic carbocycles. The van der Waals surface area contributed by atoms with Crippen molar-refractivity contribution < 1.29 is 18.4 Å². The summed E-state index contributed by atoms with van der Waals surface area (Å²) in [4.78, 5) is 11.7. The van der Waals surface area contributed by atoms with Gasteiger partial charge in [0.25, 0.3) is 0 Å². The highest BCUT2D eigenvalue weighted by Crippen LogP contribution is 2.43. The fraction of sp³-hybridized carbons (Fsp3) is 0.632. The van der Waals surface area contributed by atoms with Crippen LogP contribution in [0.2, 0.25) is 0 Å². The Morgan fingerprint density at radius 2 is 1.77 bits per heavy atom. The number of carbonyl (C=O) groups excluding carboxylic acids is 1. The van der Waals surface area contributed by atoms with Crippen LogP contribution >= 0.6 is 0 Å². The molecule has 0 amide bonds. The number of fused-ring (bicyclic) bond motifs is 1. The van der Waals surface area contributed by atoms with Gasteiger partial charge >= 0.3 is 0 Å². The van der Waals surface area contributed by atoms with Crippen molar-refractivity contribution in [3.8, 4) is 0 Å². The number of sulfonamides is 1. The van der Waals surface area contributed by atoms with E-state index < -0.39 is 16.1 Å². The Kier molecular flexibility index (Phi) is 6.60. The van der Waals surface area contributed by atoms with Gasteiger partial charge in [0.15, 0.2) is 0 Å². The van der Waals surface area contributed by atoms with Crippen LogP contribution in [0, 0.1) is 5.92 Å². The van der Waals surface area contributed by atoms with Crippen LogP contribution in [0.5, 0.6) is 0 Å². The molecule has 1 saturated carbocycles. The Morgan fingerprint density at radius 3 is 2.27 bits per heavy atom. The smallest absolute Gasteiger partial charge is 0.243 e. The molecule has 3 atom stereocenters. The van der Waals surface area contributed by atoms with Gasteiger partial charge in [0.05, 0.1) is 10.9 Å². The van der Waals surface area contributed by atoms with Crippen molar-refractivity contribution in [2.24, 2.45) is 5.92 Å². The minimum Gasteiger partial charge on any atom is -0.317 e. The minimum absolute atomic E-state index is 0.00232. The molecular formula is C19H30N2O4S. The molecule has 0 aromatic heterocycles. The first-order valence-electron chi connectivity index (χ1n) is 9.07. The third-order valence-corrected chi connectivity index (χ3v) is 7.23. The predicted octanol–water partition coefficient (Wildman–Crippen LogP) is 2.71. The first-order valence-corrected chi connectivity index (χ1v) is 10.5. The molecule has 26 heavy (non-hydrogen) atoms. The Bertz CT molecular complexity index is 710. The summed E-state index contributed by atoms with van der Waals surface area (Å²) in [5.74, 6) is 0.342. The van der Waals surface area contributed by atoms with Crippen LogP contribution in [-0.2, 0) is 20.2 Å². The van der Waals surface area contributed by atoms with Gasteiger partial charge in [0.2, 0.25) is 10.0 Å². The molecule has 1 heterocycles. The van der Waals surface area contributed by atoms with Gasteiger partial charge < -0.3 is 10.0 Å². The first kappa shape index (κ1) is 21.0. The fourth-order valence-corrected chi connectivity index (χ4v) is 5.86. The summed E-state index contributed by atoms with van der Waals surface area (Å²) in [6.07, 6.45) is 4.43. The second kappa shape index (κ2) is 8.17. The molecule has 0 unspecified atom stereocenters. The van der Waals surface area contributed by atoms with Crippen molar-refractivity contribution >= 4 is 16.3 Å². The largest absolute Gasteiger partial charge is 0.317 e. The molecule has 1 aliphatic heterocycles. The van der Waals surface area contributed by atoms with Gasteiger partial charge in [-0.15, -0.1) is 0 Å². The molecule has 0 radical (unpaired) electrons. The van der Waals surface area contributed by atoms with Crippen molar-refractivity contribution in [1.29, 1.82) is 0 Å². The number of rotatable bonds is 3. The Hall–Kier alpha value is -1.28. The molecular weight excluding hydrogens is 352 g/mol. The van der Waals surface area contributed by atoms with Crippen LogP contribution in [0.15, 0.2) is 29.2 Å². The van der Waals surface area contributed by atoms with E-state index in [9.17, 15) is 13.2 Å². The topological polar surface area (TPSA) is 86.7 Å². The van der Waals surface area contributed by atoms with E-state index in [1.165, 1.54) is 11.4 Å². The summed E-state index contributed by atoms with van der Waals surface area (Å²) in [5.41, 5.74) is 2.83. The molecule has 6 nitrogen and oxygen atoms in total. The highest BCUT2D eigenvalue weighted by molar-refractivity contribution is 7.89.